The molecule has 0 bridgehead atoms. The average molecular weight is 291 g/mol. The second-order valence-corrected chi connectivity index (χ2v) is 7.68. The van der Waals surface area contributed by atoms with Crippen molar-refractivity contribution in [2.24, 2.45) is 11.8 Å². The molecular weight excluding hydrogens is 266 g/mol. The van der Waals surface area contributed by atoms with Crippen molar-refractivity contribution in [2.75, 3.05) is 19.4 Å². The molecule has 1 aliphatic carbocycles. The molecule has 0 radical (unpaired) electrons. The lowest BCUT2D eigenvalue weighted by Gasteiger charge is -2.38. The van der Waals surface area contributed by atoms with Gasteiger partial charge >= 0.3 is 5.97 Å². The number of esters is 1. The Hall–Kier alpha value is -0.620. The van der Waals surface area contributed by atoms with E-state index in [4.69, 9.17) is 4.74 Å². The van der Waals surface area contributed by atoms with E-state index in [0.29, 0.717) is 5.92 Å². The quantitative estimate of drug-likeness (QED) is 0.765. The molecule has 1 fully saturated rings. The van der Waals surface area contributed by atoms with E-state index in [1.165, 1.54) is 0 Å². The zero-order valence-electron chi connectivity index (χ0n) is 12.2. The highest BCUT2D eigenvalue weighted by Gasteiger charge is 2.42. The van der Waals surface area contributed by atoms with Crippen molar-refractivity contribution in [2.45, 2.75) is 44.9 Å². The minimum Gasteiger partial charge on any atom is -0.465 e. The van der Waals surface area contributed by atoms with Gasteiger partial charge in [-0.2, -0.15) is 0 Å². The van der Waals surface area contributed by atoms with E-state index in [1.807, 2.05) is 6.92 Å². The van der Waals surface area contributed by atoms with Crippen molar-refractivity contribution in [3.8, 4) is 0 Å². The molecule has 0 spiro atoms. The molecule has 0 amide bonds. The maximum absolute atomic E-state index is 12.4. The summed E-state index contributed by atoms with van der Waals surface area (Å²) in [6, 6.07) is -0.0850. The van der Waals surface area contributed by atoms with E-state index in [9.17, 15) is 13.2 Å². The lowest BCUT2D eigenvalue weighted by Crippen LogP contribution is -2.52. The Balaban J connectivity index is 2.87. The van der Waals surface area contributed by atoms with Crippen LogP contribution in [-0.4, -0.2) is 45.1 Å². The fourth-order valence-corrected chi connectivity index (χ4v) is 5.35. The molecule has 0 aromatic rings. The summed E-state index contributed by atoms with van der Waals surface area (Å²) >= 11 is 0. The van der Waals surface area contributed by atoms with Crippen LogP contribution in [0, 0.1) is 11.8 Å². The Morgan fingerprint density at radius 3 is 2.47 bits per heavy atom. The molecule has 19 heavy (non-hydrogen) atoms. The summed E-state index contributed by atoms with van der Waals surface area (Å²) in [7, 11) is -1.70. The van der Waals surface area contributed by atoms with E-state index < -0.39 is 26.8 Å². The number of ether oxygens (including phenoxy) is 1. The summed E-state index contributed by atoms with van der Waals surface area (Å²) in [6.07, 6.45) is 1.71. The molecule has 0 aromatic heterocycles. The number of nitrogens with one attached hydrogen (secondary N) is 1. The van der Waals surface area contributed by atoms with Gasteiger partial charge in [-0.15, -0.1) is 0 Å². The first-order valence-electron chi connectivity index (χ1n) is 6.86. The monoisotopic (exact) mass is 291 g/mol. The Morgan fingerprint density at radius 2 is 1.95 bits per heavy atom. The number of hydrogen-bond acceptors (Lipinski definition) is 5. The molecule has 5 nitrogen and oxygen atoms in total. The first kappa shape index (κ1) is 16.4. The highest BCUT2D eigenvalue weighted by Crippen LogP contribution is 2.33. The molecule has 4 atom stereocenters. The SMILES string of the molecule is CCOC(=O)CS(=O)(=O)C1C(C)CC(C)CC1NC. The van der Waals surface area contributed by atoms with Crippen molar-refractivity contribution in [3.05, 3.63) is 0 Å². The minimum atomic E-state index is -3.48. The van der Waals surface area contributed by atoms with Crippen molar-refractivity contribution < 1.29 is 17.9 Å². The average Bonchev–Trinajstić information content (AvgIpc) is 2.26. The van der Waals surface area contributed by atoms with Crippen LogP contribution in [0.1, 0.15) is 33.6 Å². The normalized spacial score (nSPS) is 32.0. The van der Waals surface area contributed by atoms with Crippen LogP contribution in [0.3, 0.4) is 0 Å². The zero-order chi connectivity index (χ0) is 14.6. The van der Waals surface area contributed by atoms with Gasteiger partial charge in [-0.1, -0.05) is 13.8 Å². The predicted octanol–water partition coefficient (Wildman–Crippen LogP) is 0.987. The van der Waals surface area contributed by atoms with Gasteiger partial charge in [-0.3, -0.25) is 4.79 Å². The molecule has 1 rings (SSSR count). The number of hydrogen-bond donors (Lipinski definition) is 1. The number of sulfone groups is 1. The maximum atomic E-state index is 12.4. The Kier molecular flexibility index (Phi) is 5.80. The van der Waals surface area contributed by atoms with E-state index >= 15 is 0 Å². The van der Waals surface area contributed by atoms with Crippen molar-refractivity contribution in [1.82, 2.24) is 5.32 Å². The fraction of sp³-hybridized carbons (Fsp3) is 0.923. The summed E-state index contributed by atoms with van der Waals surface area (Å²) < 4.78 is 29.6. The van der Waals surface area contributed by atoms with Gasteiger partial charge in [0.15, 0.2) is 9.84 Å². The van der Waals surface area contributed by atoms with Gasteiger partial charge in [0.25, 0.3) is 0 Å². The first-order chi connectivity index (χ1) is 8.81. The second-order valence-electron chi connectivity index (χ2n) is 5.53. The van der Waals surface area contributed by atoms with Crippen molar-refractivity contribution in [3.63, 3.8) is 0 Å². The lowest BCUT2D eigenvalue weighted by molar-refractivity contribution is -0.139. The van der Waals surface area contributed by atoms with Crippen molar-refractivity contribution >= 4 is 15.8 Å². The molecule has 0 aliphatic heterocycles. The molecule has 0 heterocycles. The molecule has 6 heteroatoms. The van der Waals surface area contributed by atoms with Crippen LogP contribution in [-0.2, 0) is 19.4 Å². The third kappa shape index (κ3) is 4.18. The van der Waals surface area contributed by atoms with Gasteiger partial charge in [0.2, 0.25) is 0 Å². The Labute approximate surface area is 116 Å². The lowest BCUT2D eigenvalue weighted by atomic mass is 9.80. The Morgan fingerprint density at radius 1 is 1.32 bits per heavy atom. The van der Waals surface area contributed by atoms with E-state index in [2.05, 4.69) is 12.2 Å². The van der Waals surface area contributed by atoms with Crippen LogP contribution in [0.15, 0.2) is 0 Å². The van der Waals surface area contributed by atoms with Crippen LogP contribution in [0.5, 0.6) is 0 Å². The van der Waals surface area contributed by atoms with Crippen molar-refractivity contribution in [1.29, 1.82) is 0 Å². The van der Waals surface area contributed by atoms with Gasteiger partial charge in [-0.05, 0) is 38.6 Å². The molecule has 1 N–H and O–H groups in total. The van der Waals surface area contributed by atoms with Gasteiger partial charge in [0, 0.05) is 6.04 Å². The standard InChI is InChI=1S/C13H25NO4S/c1-5-18-12(15)8-19(16,17)13-10(3)6-9(2)7-11(13)14-4/h9-11,13-14H,5-8H2,1-4H3. The zero-order valence-corrected chi connectivity index (χ0v) is 13.0. The molecular formula is C13H25NO4S. The number of carbonyl (C=O) groups excluding carboxylic acids is 1. The third-order valence-corrected chi connectivity index (χ3v) is 6.06. The van der Waals surface area contributed by atoms with Gasteiger partial charge in [0.05, 0.1) is 11.9 Å². The first-order valence-corrected chi connectivity index (χ1v) is 8.57. The van der Waals surface area contributed by atoms with Gasteiger partial charge in [0.1, 0.15) is 5.75 Å². The minimum absolute atomic E-state index is 0.0561. The smallest absolute Gasteiger partial charge is 0.321 e. The van der Waals surface area contributed by atoms with Crippen LogP contribution in [0.2, 0.25) is 0 Å². The third-order valence-electron chi connectivity index (χ3n) is 3.80. The van der Waals surface area contributed by atoms with Crippen LogP contribution in [0.25, 0.3) is 0 Å². The molecule has 112 valence electrons. The summed E-state index contributed by atoms with van der Waals surface area (Å²) in [4.78, 5) is 11.4. The van der Waals surface area contributed by atoms with Crippen LogP contribution < -0.4 is 5.32 Å². The van der Waals surface area contributed by atoms with Gasteiger partial charge in [-0.25, -0.2) is 8.42 Å². The molecule has 4 unspecified atom stereocenters. The van der Waals surface area contributed by atoms with Crippen LogP contribution in [0.4, 0.5) is 0 Å². The fourth-order valence-electron chi connectivity index (χ4n) is 3.18. The Bertz CT molecular complexity index is 407. The number of rotatable bonds is 5. The molecule has 0 aromatic carbocycles. The molecule has 0 saturated heterocycles. The number of carbonyl (C=O) groups is 1. The molecule has 1 aliphatic rings. The maximum Gasteiger partial charge on any atom is 0.321 e. The van der Waals surface area contributed by atoms with Crippen LogP contribution >= 0.6 is 0 Å². The van der Waals surface area contributed by atoms with E-state index in [0.717, 1.165) is 12.8 Å². The highest BCUT2D eigenvalue weighted by molar-refractivity contribution is 7.92. The summed E-state index contributed by atoms with van der Waals surface area (Å²) in [6.45, 7) is 5.97. The highest BCUT2D eigenvalue weighted by atomic mass is 32.2. The second kappa shape index (κ2) is 6.70. The van der Waals surface area contributed by atoms with E-state index in [1.54, 1.807) is 14.0 Å². The largest absolute Gasteiger partial charge is 0.465 e. The molecule has 1 saturated carbocycles. The summed E-state index contributed by atoms with van der Waals surface area (Å²) in [5.41, 5.74) is 0. The summed E-state index contributed by atoms with van der Waals surface area (Å²) in [5, 5.41) is 2.59. The summed E-state index contributed by atoms with van der Waals surface area (Å²) in [5.74, 6) is -0.604. The van der Waals surface area contributed by atoms with Gasteiger partial charge < -0.3 is 10.1 Å². The topological polar surface area (TPSA) is 72.5 Å². The predicted molar refractivity (Wildman–Crippen MR) is 74.6 cm³/mol. The van der Waals surface area contributed by atoms with E-state index in [-0.39, 0.29) is 18.6 Å².